The lowest BCUT2D eigenvalue weighted by molar-refractivity contribution is 0.0951. The van der Waals surface area contributed by atoms with Crippen molar-refractivity contribution in [3.05, 3.63) is 71.0 Å². The molecule has 4 aromatic rings. The van der Waals surface area contributed by atoms with Crippen molar-refractivity contribution in [3.63, 3.8) is 0 Å². The number of nitrogens with zero attached hydrogens (tertiary/aromatic N) is 1. The van der Waals surface area contributed by atoms with Crippen molar-refractivity contribution in [2.75, 3.05) is 20.3 Å². The van der Waals surface area contributed by atoms with E-state index in [0.29, 0.717) is 35.4 Å². The number of thiophene rings is 1. The van der Waals surface area contributed by atoms with Gasteiger partial charge in [-0.05, 0) is 30.7 Å². The van der Waals surface area contributed by atoms with Crippen LogP contribution in [0.3, 0.4) is 0 Å². The first-order chi connectivity index (χ1) is 14.7. The molecule has 154 valence electrons. The van der Waals surface area contributed by atoms with Gasteiger partial charge in [-0.3, -0.25) is 9.78 Å². The molecule has 1 amide bonds. The molecule has 0 bridgehead atoms. The second kappa shape index (κ2) is 9.19. The Morgan fingerprint density at radius 1 is 1.17 bits per heavy atom. The van der Waals surface area contributed by atoms with Gasteiger partial charge in [-0.15, -0.1) is 11.3 Å². The van der Waals surface area contributed by atoms with Gasteiger partial charge < -0.3 is 14.8 Å². The topological polar surface area (TPSA) is 60.5 Å². The van der Waals surface area contributed by atoms with Crippen LogP contribution in [0.25, 0.3) is 21.0 Å². The maximum atomic E-state index is 14.3. The van der Waals surface area contributed by atoms with Gasteiger partial charge in [0.1, 0.15) is 17.1 Å². The van der Waals surface area contributed by atoms with Crippen LogP contribution in [0.1, 0.15) is 21.7 Å². The first-order valence-electron chi connectivity index (χ1n) is 9.62. The SMILES string of the molecule is COCc1c(C(=O)NCCCOc2cccc3cccnc23)sc2cccc(F)c12. The quantitative estimate of drug-likeness (QED) is 0.407. The molecule has 0 saturated carbocycles. The molecule has 30 heavy (non-hydrogen) atoms. The van der Waals surface area contributed by atoms with Crippen LogP contribution in [0.5, 0.6) is 5.75 Å². The Kier molecular flexibility index (Phi) is 6.21. The molecule has 7 heteroatoms. The van der Waals surface area contributed by atoms with Gasteiger partial charge in [-0.1, -0.05) is 24.3 Å². The van der Waals surface area contributed by atoms with Gasteiger partial charge in [0.2, 0.25) is 0 Å². The summed E-state index contributed by atoms with van der Waals surface area (Å²) in [6.07, 6.45) is 2.37. The average Bonchev–Trinajstić information content (AvgIpc) is 3.13. The predicted octanol–water partition coefficient (Wildman–Crippen LogP) is 4.93. The van der Waals surface area contributed by atoms with Crippen LogP contribution in [0.4, 0.5) is 4.39 Å². The smallest absolute Gasteiger partial charge is 0.261 e. The summed E-state index contributed by atoms with van der Waals surface area (Å²) in [6, 6.07) is 14.5. The van der Waals surface area contributed by atoms with Crippen molar-refractivity contribution >= 4 is 38.2 Å². The first kappa shape index (κ1) is 20.3. The van der Waals surface area contributed by atoms with E-state index in [9.17, 15) is 9.18 Å². The van der Waals surface area contributed by atoms with E-state index in [1.165, 1.54) is 24.5 Å². The molecule has 5 nitrogen and oxygen atoms in total. The molecule has 0 fully saturated rings. The third kappa shape index (κ3) is 4.13. The maximum Gasteiger partial charge on any atom is 0.261 e. The monoisotopic (exact) mass is 424 g/mol. The number of nitrogens with one attached hydrogen (secondary N) is 1. The Morgan fingerprint density at radius 2 is 2.00 bits per heavy atom. The van der Waals surface area contributed by atoms with E-state index in [2.05, 4.69) is 10.3 Å². The van der Waals surface area contributed by atoms with E-state index in [1.54, 1.807) is 12.3 Å². The second-order valence-corrected chi connectivity index (χ2v) is 7.80. The Hall–Kier alpha value is -3.03. The fraction of sp³-hybridized carbons (Fsp3) is 0.217. The highest BCUT2D eigenvalue weighted by Gasteiger charge is 2.20. The molecule has 0 spiro atoms. The number of carbonyl (C=O) groups is 1. The van der Waals surface area contributed by atoms with Gasteiger partial charge in [-0.25, -0.2) is 4.39 Å². The molecule has 4 rings (SSSR count). The Labute approximate surface area is 177 Å². The number of hydrogen-bond donors (Lipinski definition) is 1. The van der Waals surface area contributed by atoms with Crippen LogP contribution in [-0.4, -0.2) is 31.2 Å². The summed E-state index contributed by atoms with van der Waals surface area (Å²) in [5.74, 6) is 0.156. The van der Waals surface area contributed by atoms with Crippen LogP contribution in [-0.2, 0) is 11.3 Å². The number of pyridine rings is 1. The van der Waals surface area contributed by atoms with Crippen molar-refractivity contribution in [2.24, 2.45) is 0 Å². The van der Waals surface area contributed by atoms with Crippen LogP contribution >= 0.6 is 11.3 Å². The molecule has 0 aliphatic carbocycles. The number of ether oxygens (including phenoxy) is 2. The highest BCUT2D eigenvalue weighted by Crippen LogP contribution is 2.33. The Morgan fingerprint density at radius 3 is 2.87 bits per heavy atom. The number of carbonyl (C=O) groups excluding carboxylic acids is 1. The molecule has 0 saturated heterocycles. The summed E-state index contributed by atoms with van der Waals surface area (Å²) < 4.78 is 26.1. The summed E-state index contributed by atoms with van der Waals surface area (Å²) in [5.41, 5.74) is 1.41. The van der Waals surface area contributed by atoms with Crippen LogP contribution in [0.2, 0.25) is 0 Å². The van der Waals surface area contributed by atoms with Crippen LogP contribution < -0.4 is 10.1 Å². The van der Waals surface area contributed by atoms with Crippen molar-refractivity contribution in [1.29, 1.82) is 0 Å². The first-order valence-corrected chi connectivity index (χ1v) is 10.4. The zero-order valence-corrected chi connectivity index (χ0v) is 17.3. The van der Waals surface area contributed by atoms with E-state index in [1.807, 2.05) is 36.4 Å². The van der Waals surface area contributed by atoms with Crippen LogP contribution in [0, 0.1) is 5.82 Å². The minimum absolute atomic E-state index is 0.181. The van der Waals surface area contributed by atoms with Crippen molar-refractivity contribution in [1.82, 2.24) is 10.3 Å². The maximum absolute atomic E-state index is 14.3. The van der Waals surface area contributed by atoms with Gasteiger partial charge in [0.05, 0.1) is 18.1 Å². The van der Waals surface area contributed by atoms with Gasteiger partial charge >= 0.3 is 0 Å². The Bertz CT molecular complexity index is 1190. The number of methoxy groups -OCH3 is 1. The number of para-hydroxylation sites is 1. The molecular weight excluding hydrogens is 403 g/mol. The second-order valence-electron chi connectivity index (χ2n) is 6.74. The van der Waals surface area contributed by atoms with E-state index in [4.69, 9.17) is 9.47 Å². The van der Waals surface area contributed by atoms with E-state index < -0.39 is 0 Å². The summed E-state index contributed by atoms with van der Waals surface area (Å²) >= 11 is 1.28. The number of halogens is 1. The fourth-order valence-electron chi connectivity index (χ4n) is 3.36. The average molecular weight is 424 g/mol. The van der Waals surface area contributed by atoms with E-state index in [0.717, 1.165) is 21.4 Å². The molecule has 0 aliphatic rings. The lowest BCUT2D eigenvalue weighted by Gasteiger charge is -2.09. The molecule has 0 aliphatic heterocycles. The minimum Gasteiger partial charge on any atom is -0.491 e. The van der Waals surface area contributed by atoms with Gasteiger partial charge in [0.15, 0.2) is 0 Å². The van der Waals surface area contributed by atoms with Gasteiger partial charge in [0, 0.05) is 40.9 Å². The molecule has 0 radical (unpaired) electrons. The zero-order chi connectivity index (χ0) is 20.9. The molecule has 2 aromatic heterocycles. The summed E-state index contributed by atoms with van der Waals surface area (Å²) in [4.78, 5) is 17.5. The number of fused-ring (bicyclic) bond motifs is 2. The van der Waals surface area contributed by atoms with Crippen molar-refractivity contribution < 1.29 is 18.7 Å². The molecule has 2 heterocycles. The van der Waals surface area contributed by atoms with E-state index >= 15 is 0 Å². The summed E-state index contributed by atoms with van der Waals surface area (Å²) in [7, 11) is 1.53. The molecular formula is C23H21FN2O3S. The van der Waals surface area contributed by atoms with Crippen molar-refractivity contribution in [3.8, 4) is 5.75 Å². The predicted molar refractivity (Wildman–Crippen MR) is 117 cm³/mol. The summed E-state index contributed by atoms with van der Waals surface area (Å²) in [6.45, 7) is 1.07. The third-order valence-corrected chi connectivity index (χ3v) is 5.91. The minimum atomic E-state index is -0.341. The number of amides is 1. The van der Waals surface area contributed by atoms with E-state index in [-0.39, 0.29) is 18.3 Å². The van der Waals surface area contributed by atoms with Gasteiger partial charge in [-0.2, -0.15) is 0 Å². The fourth-order valence-corrected chi connectivity index (χ4v) is 4.50. The lowest BCUT2D eigenvalue weighted by Crippen LogP contribution is -2.25. The zero-order valence-electron chi connectivity index (χ0n) is 16.5. The largest absolute Gasteiger partial charge is 0.491 e. The molecule has 0 atom stereocenters. The standard InChI is InChI=1S/C23H21FN2O3S/c1-28-14-16-20-17(24)8-3-10-19(20)30-22(16)23(27)26-12-5-13-29-18-9-2-6-15-7-4-11-25-21(15)18/h2-4,6-11H,5,12-14H2,1H3,(H,26,27). The highest BCUT2D eigenvalue weighted by molar-refractivity contribution is 7.21. The third-order valence-electron chi connectivity index (χ3n) is 4.72. The Balaban J connectivity index is 1.37. The number of aromatic nitrogens is 1. The van der Waals surface area contributed by atoms with Crippen molar-refractivity contribution in [2.45, 2.75) is 13.0 Å². The lowest BCUT2D eigenvalue weighted by atomic mass is 10.1. The van der Waals surface area contributed by atoms with Crippen LogP contribution in [0.15, 0.2) is 54.7 Å². The highest BCUT2D eigenvalue weighted by atomic mass is 32.1. The number of benzene rings is 2. The normalized spacial score (nSPS) is 11.1. The molecule has 1 N–H and O–H groups in total. The number of hydrogen-bond acceptors (Lipinski definition) is 5. The molecule has 2 aromatic carbocycles. The summed E-state index contributed by atoms with van der Waals surface area (Å²) in [5, 5.41) is 4.38. The van der Waals surface area contributed by atoms with Gasteiger partial charge in [0.25, 0.3) is 5.91 Å². The molecule has 0 unspecified atom stereocenters. The number of rotatable bonds is 8.